The van der Waals surface area contributed by atoms with E-state index in [0.29, 0.717) is 0 Å². The number of hydrogen-bond acceptors (Lipinski definition) is 4. The number of nitrogens with zero attached hydrogens (tertiary/aromatic N) is 4. The van der Waals surface area contributed by atoms with Gasteiger partial charge in [0.25, 0.3) is 0 Å². The number of rotatable bonds is 8. The summed E-state index contributed by atoms with van der Waals surface area (Å²) < 4.78 is 8.20. The van der Waals surface area contributed by atoms with Crippen LogP contribution in [0.15, 0.2) is 43.0 Å². The van der Waals surface area contributed by atoms with Crippen molar-refractivity contribution in [3.63, 3.8) is 0 Å². The van der Waals surface area contributed by atoms with Crippen molar-refractivity contribution in [3.05, 3.63) is 48.5 Å². The van der Waals surface area contributed by atoms with Gasteiger partial charge in [-0.05, 0) is 52.0 Å². The molecular weight excluding hydrogens is 312 g/mol. The third kappa shape index (κ3) is 5.58. The van der Waals surface area contributed by atoms with E-state index < -0.39 is 0 Å². The minimum absolute atomic E-state index is 0.733. The Bertz CT molecular complexity index is 618. The molecule has 5 nitrogen and oxygen atoms in total. The fourth-order valence-corrected chi connectivity index (χ4v) is 3.37. The summed E-state index contributed by atoms with van der Waals surface area (Å²) in [6.07, 6.45) is 8.35. The highest BCUT2D eigenvalue weighted by Gasteiger charge is 2.20. The van der Waals surface area contributed by atoms with Gasteiger partial charge in [0, 0.05) is 37.6 Å². The summed E-state index contributed by atoms with van der Waals surface area (Å²) in [7, 11) is 4.15. The molecule has 1 aliphatic heterocycles. The monoisotopic (exact) mass is 342 g/mol. The number of piperidine rings is 1. The van der Waals surface area contributed by atoms with Gasteiger partial charge in [-0.1, -0.05) is 18.2 Å². The van der Waals surface area contributed by atoms with E-state index in [0.717, 1.165) is 51.0 Å². The van der Waals surface area contributed by atoms with E-state index in [1.165, 1.54) is 18.4 Å². The number of benzene rings is 1. The summed E-state index contributed by atoms with van der Waals surface area (Å²) in [5, 5.41) is 0. The standard InChI is InChI=1S/C20H30N4O/c1-22(2)13-14-25-20-6-4-3-5-19(20)16-23-10-7-18(8-11-23)15-24-12-9-21-17-24/h3-6,9,12,17-18H,7-8,10-11,13-16H2,1-2H3. The molecule has 5 heteroatoms. The van der Waals surface area contributed by atoms with Gasteiger partial charge in [-0.25, -0.2) is 4.98 Å². The maximum Gasteiger partial charge on any atom is 0.123 e. The molecule has 0 atom stereocenters. The van der Waals surface area contributed by atoms with E-state index in [1.807, 2.05) is 12.5 Å². The fourth-order valence-electron chi connectivity index (χ4n) is 3.37. The van der Waals surface area contributed by atoms with Crippen molar-refractivity contribution in [2.45, 2.75) is 25.9 Å². The van der Waals surface area contributed by atoms with Crippen LogP contribution in [0.25, 0.3) is 0 Å². The number of hydrogen-bond donors (Lipinski definition) is 0. The summed E-state index contributed by atoms with van der Waals surface area (Å²) in [6, 6.07) is 8.46. The zero-order chi connectivity index (χ0) is 17.5. The van der Waals surface area contributed by atoms with Gasteiger partial charge in [0.1, 0.15) is 12.4 Å². The molecule has 0 saturated carbocycles. The van der Waals surface area contributed by atoms with Gasteiger partial charge in [0.15, 0.2) is 0 Å². The molecule has 0 bridgehead atoms. The molecule has 3 rings (SSSR count). The first-order valence-electron chi connectivity index (χ1n) is 9.24. The highest BCUT2D eigenvalue weighted by molar-refractivity contribution is 5.33. The van der Waals surface area contributed by atoms with Crippen LogP contribution in [0.4, 0.5) is 0 Å². The van der Waals surface area contributed by atoms with E-state index in [2.05, 4.69) is 63.9 Å². The third-order valence-corrected chi connectivity index (χ3v) is 4.90. The predicted molar refractivity (Wildman–Crippen MR) is 101 cm³/mol. The molecule has 0 amide bonds. The van der Waals surface area contributed by atoms with E-state index in [4.69, 9.17) is 4.74 Å². The van der Waals surface area contributed by atoms with Crippen molar-refractivity contribution in [1.29, 1.82) is 0 Å². The first kappa shape index (κ1) is 18.0. The summed E-state index contributed by atoms with van der Waals surface area (Å²) in [6.45, 7) is 6.07. The second-order valence-electron chi connectivity index (χ2n) is 7.24. The molecule has 1 fully saturated rings. The maximum absolute atomic E-state index is 6.00. The molecule has 0 radical (unpaired) electrons. The van der Waals surface area contributed by atoms with Crippen LogP contribution < -0.4 is 4.74 Å². The van der Waals surface area contributed by atoms with Crippen LogP contribution in [0.1, 0.15) is 18.4 Å². The third-order valence-electron chi connectivity index (χ3n) is 4.90. The average Bonchev–Trinajstić information content (AvgIpc) is 3.11. The number of aromatic nitrogens is 2. The summed E-state index contributed by atoms with van der Waals surface area (Å²) in [5.41, 5.74) is 1.30. The molecule has 1 aromatic carbocycles. The van der Waals surface area contributed by atoms with Crippen LogP contribution in [-0.2, 0) is 13.1 Å². The average molecular weight is 342 g/mol. The first-order valence-corrected chi connectivity index (χ1v) is 9.24. The van der Waals surface area contributed by atoms with E-state index in [-0.39, 0.29) is 0 Å². The van der Waals surface area contributed by atoms with Gasteiger partial charge in [-0.2, -0.15) is 0 Å². The van der Waals surface area contributed by atoms with E-state index >= 15 is 0 Å². The molecule has 1 aromatic heterocycles. The fraction of sp³-hybridized carbons (Fsp3) is 0.550. The highest BCUT2D eigenvalue weighted by atomic mass is 16.5. The summed E-state index contributed by atoms with van der Waals surface area (Å²) in [5.74, 6) is 1.79. The van der Waals surface area contributed by atoms with Crippen molar-refractivity contribution in [3.8, 4) is 5.75 Å². The van der Waals surface area contributed by atoms with Crippen LogP contribution in [0, 0.1) is 5.92 Å². The normalized spacial score (nSPS) is 16.4. The van der Waals surface area contributed by atoms with Crippen molar-refractivity contribution in [1.82, 2.24) is 19.4 Å². The van der Waals surface area contributed by atoms with Gasteiger partial charge >= 0.3 is 0 Å². The van der Waals surface area contributed by atoms with E-state index in [9.17, 15) is 0 Å². The van der Waals surface area contributed by atoms with Crippen molar-refractivity contribution >= 4 is 0 Å². The predicted octanol–water partition coefficient (Wildman–Crippen LogP) is 2.74. The topological polar surface area (TPSA) is 33.5 Å². The number of imidazole rings is 1. The molecule has 0 spiro atoms. The first-order chi connectivity index (χ1) is 12.2. The van der Waals surface area contributed by atoms with Crippen LogP contribution in [0.5, 0.6) is 5.75 Å². The molecular formula is C20H30N4O. The number of ether oxygens (including phenoxy) is 1. The quantitative estimate of drug-likeness (QED) is 0.739. The molecule has 25 heavy (non-hydrogen) atoms. The Hall–Kier alpha value is -1.85. The smallest absolute Gasteiger partial charge is 0.123 e. The Morgan fingerprint density at radius 1 is 1.20 bits per heavy atom. The lowest BCUT2D eigenvalue weighted by molar-refractivity contribution is 0.164. The minimum atomic E-state index is 0.733. The Balaban J connectivity index is 1.48. The SMILES string of the molecule is CN(C)CCOc1ccccc1CN1CCC(Cn2ccnc2)CC1. The molecule has 1 saturated heterocycles. The lowest BCUT2D eigenvalue weighted by Gasteiger charge is -2.32. The van der Waals surface area contributed by atoms with Gasteiger partial charge in [-0.15, -0.1) is 0 Å². The van der Waals surface area contributed by atoms with Crippen LogP contribution in [0.3, 0.4) is 0 Å². The molecule has 0 unspecified atom stereocenters. The van der Waals surface area contributed by atoms with Gasteiger partial charge < -0.3 is 14.2 Å². The van der Waals surface area contributed by atoms with Crippen molar-refractivity contribution in [2.75, 3.05) is 40.3 Å². The number of likely N-dealkylation sites (N-methyl/N-ethyl adjacent to an activating group) is 1. The van der Waals surface area contributed by atoms with Gasteiger partial charge in [0.05, 0.1) is 6.33 Å². The van der Waals surface area contributed by atoms with Gasteiger partial charge in [0.2, 0.25) is 0 Å². The van der Waals surface area contributed by atoms with Crippen LogP contribution in [0.2, 0.25) is 0 Å². The maximum atomic E-state index is 6.00. The Morgan fingerprint density at radius 2 is 2.00 bits per heavy atom. The second-order valence-corrected chi connectivity index (χ2v) is 7.24. The molecule has 136 valence electrons. The number of para-hydroxylation sites is 1. The van der Waals surface area contributed by atoms with Gasteiger partial charge in [-0.3, -0.25) is 4.90 Å². The molecule has 2 heterocycles. The lowest BCUT2D eigenvalue weighted by atomic mass is 9.96. The zero-order valence-electron chi connectivity index (χ0n) is 15.5. The molecule has 0 N–H and O–H groups in total. The van der Waals surface area contributed by atoms with Crippen LogP contribution in [-0.4, -0.2) is 59.7 Å². The Kier molecular flexibility index (Phi) is 6.48. The van der Waals surface area contributed by atoms with E-state index in [1.54, 1.807) is 0 Å². The van der Waals surface area contributed by atoms with Crippen molar-refractivity contribution in [2.24, 2.45) is 5.92 Å². The largest absolute Gasteiger partial charge is 0.492 e. The van der Waals surface area contributed by atoms with Crippen molar-refractivity contribution < 1.29 is 4.74 Å². The highest BCUT2D eigenvalue weighted by Crippen LogP contribution is 2.24. The Labute approximate surface area is 151 Å². The van der Waals surface area contributed by atoms with Crippen LogP contribution >= 0.6 is 0 Å². The molecule has 1 aliphatic rings. The lowest BCUT2D eigenvalue weighted by Crippen LogP contribution is -2.34. The molecule has 0 aliphatic carbocycles. The zero-order valence-corrected chi connectivity index (χ0v) is 15.5. The summed E-state index contributed by atoms with van der Waals surface area (Å²) in [4.78, 5) is 8.84. The number of likely N-dealkylation sites (tertiary alicyclic amines) is 1. The second kappa shape index (κ2) is 9.02. The Morgan fingerprint density at radius 3 is 2.72 bits per heavy atom. The summed E-state index contributed by atoms with van der Waals surface area (Å²) >= 11 is 0. The molecule has 2 aromatic rings. The minimum Gasteiger partial charge on any atom is -0.492 e.